The van der Waals surface area contributed by atoms with Crippen molar-refractivity contribution in [3.05, 3.63) is 54.1 Å². The molecule has 0 saturated carbocycles. The third kappa shape index (κ3) is 2.37. The van der Waals surface area contributed by atoms with Gasteiger partial charge in [-0.25, -0.2) is 13.8 Å². The molecular weight excluding hydrogens is 233 g/mol. The van der Waals surface area contributed by atoms with Crippen LogP contribution in [0.4, 0.5) is 4.39 Å². The van der Waals surface area contributed by atoms with E-state index in [9.17, 15) is 9.18 Å². The maximum absolute atomic E-state index is 12.9. The van der Waals surface area contributed by atoms with E-state index >= 15 is 0 Å². The molecule has 0 spiro atoms. The van der Waals surface area contributed by atoms with Crippen LogP contribution in [-0.2, 0) is 11.8 Å². The zero-order valence-electron chi connectivity index (χ0n) is 10.2. The summed E-state index contributed by atoms with van der Waals surface area (Å²) in [5.41, 5.74) is 1.95. The molecule has 0 radical (unpaired) electrons. The van der Waals surface area contributed by atoms with E-state index in [-0.39, 0.29) is 5.82 Å². The van der Waals surface area contributed by atoms with Crippen LogP contribution in [0.1, 0.15) is 10.4 Å². The van der Waals surface area contributed by atoms with E-state index in [2.05, 4.69) is 0 Å². The summed E-state index contributed by atoms with van der Waals surface area (Å²) < 4.78 is 19.4. The molecule has 0 unspecified atom stereocenters. The number of hydrogen-bond acceptors (Lipinski definition) is 2. The van der Waals surface area contributed by atoms with Crippen molar-refractivity contribution in [3.63, 3.8) is 0 Å². The minimum atomic E-state index is -0.412. The van der Waals surface area contributed by atoms with Crippen molar-refractivity contribution in [2.45, 2.75) is 0 Å². The van der Waals surface area contributed by atoms with E-state index in [4.69, 9.17) is 4.74 Å². The number of rotatable bonds is 2. The van der Waals surface area contributed by atoms with Crippen molar-refractivity contribution in [2.75, 3.05) is 7.11 Å². The van der Waals surface area contributed by atoms with Gasteiger partial charge in [0.2, 0.25) is 0 Å². The number of carbonyl (C=O) groups is 1. The number of aromatic nitrogens is 1. The van der Waals surface area contributed by atoms with Gasteiger partial charge < -0.3 is 4.74 Å². The lowest BCUT2D eigenvalue weighted by atomic mass is 10.0. The Hall–Kier alpha value is -2.23. The Bertz CT molecular complexity index is 579. The molecule has 1 heterocycles. The van der Waals surface area contributed by atoms with E-state index in [0.29, 0.717) is 5.56 Å². The number of methoxy groups -OCH3 is 1. The fourth-order valence-electron chi connectivity index (χ4n) is 1.75. The molecule has 0 N–H and O–H groups in total. The van der Waals surface area contributed by atoms with Crippen LogP contribution in [0.3, 0.4) is 0 Å². The number of hydrogen-bond donors (Lipinski definition) is 0. The van der Waals surface area contributed by atoms with Crippen LogP contribution in [0, 0.1) is 5.82 Å². The van der Waals surface area contributed by atoms with Crippen molar-refractivity contribution in [3.8, 4) is 11.1 Å². The molecule has 1 aromatic carbocycles. The van der Waals surface area contributed by atoms with Gasteiger partial charge in [0.05, 0.1) is 7.11 Å². The summed E-state index contributed by atoms with van der Waals surface area (Å²) in [4.78, 5) is 11.7. The summed E-state index contributed by atoms with van der Waals surface area (Å²) in [5, 5.41) is 0. The monoisotopic (exact) mass is 246 g/mol. The van der Waals surface area contributed by atoms with Crippen molar-refractivity contribution in [1.82, 2.24) is 0 Å². The van der Waals surface area contributed by atoms with Gasteiger partial charge in [-0.05, 0) is 17.7 Å². The van der Waals surface area contributed by atoms with Gasteiger partial charge in [-0.3, -0.25) is 0 Å². The Morgan fingerprint density at radius 3 is 2.50 bits per heavy atom. The first-order valence-electron chi connectivity index (χ1n) is 5.45. The minimum absolute atomic E-state index is 0.306. The second-order valence-corrected chi connectivity index (χ2v) is 3.94. The quantitative estimate of drug-likeness (QED) is 0.600. The second-order valence-electron chi connectivity index (χ2n) is 3.94. The summed E-state index contributed by atoms with van der Waals surface area (Å²) in [6.07, 6.45) is 3.51. The highest BCUT2D eigenvalue weighted by Gasteiger charge is 2.17. The molecule has 0 atom stereocenters. The molecule has 2 aromatic rings. The highest BCUT2D eigenvalue weighted by atomic mass is 19.1. The van der Waals surface area contributed by atoms with Gasteiger partial charge >= 0.3 is 5.97 Å². The molecule has 0 aliphatic carbocycles. The van der Waals surface area contributed by atoms with Gasteiger partial charge in [-0.1, -0.05) is 12.1 Å². The lowest BCUT2D eigenvalue weighted by molar-refractivity contribution is -0.671. The first-order valence-corrected chi connectivity index (χ1v) is 5.45. The summed E-state index contributed by atoms with van der Waals surface area (Å²) >= 11 is 0. The van der Waals surface area contributed by atoms with E-state index in [1.807, 2.05) is 13.2 Å². The zero-order valence-corrected chi connectivity index (χ0v) is 10.2. The van der Waals surface area contributed by atoms with Gasteiger partial charge in [-0.2, -0.15) is 0 Å². The van der Waals surface area contributed by atoms with Crippen molar-refractivity contribution in [1.29, 1.82) is 0 Å². The normalized spacial score (nSPS) is 10.2. The fraction of sp³-hybridized carbons (Fsp3) is 0.143. The standard InChI is InChI=1S/C14H13FNO2/c1-16-8-7-12(13(9-16)14(17)18-2)10-3-5-11(15)6-4-10/h3-9H,1-2H3/q+1. The third-order valence-corrected chi connectivity index (χ3v) is 2.66. The number of nitrogens with zero attached hydrogens (tertiary/aromatic N) is 1. The van der Waals surface area contributed by atoms with Crippen LogP contribution in [0.2, 0.25) is 0 Å². The first kappa shape index (κ1) is 12.2. The number of pyridine rings is 1. The van der Waals surface area contributed by atoms with E-state index in [1.165, 1.54) is 19.2 Å². The van der Waals surface area contributed by atoms with Crippen LogP contribution in [0.15, 0.2) is 42.7 Å². The Labute approximate surface area is 104 Å². The Balaban J connectivity index is 2.56. The average Bonchev–Trinajstić information content (AvgIpc) is 2.39. The maximum atomic E-state index is 12.9. The Morgan fingerprint density at radius 2 is 1.89 bits per heavy atom. The Kier molecular flexibility index (Phi) is 3.37. The first-order chi connectivity index (χ1) is 8.61. The van der Waals surface area contributed by atoms with Crippen molar-refractivity contribution >= 4 is 5.97 Å². The number of ether oxygens (including phenoxy) is 1. The SMILES string of the molecule is COC(=O)c1c[n+](C)ccc1-c1ccc(F)cc1. The molecule has 0 bridgehead atoms. The molecule has 4 heteroatoms. The molecule has 1 aromatic heterocycles. The highest BCUT2D eigenvalue weighted by Crippen LogP contribution is 2.23. The highest BCUT2D eigenvalue weighted by molar-refractivity contribution is 5.96. The fourth-order valence-corrected chi connectivity index (χ4v) is 1.75. The van der Waals surface area contributed by atoms with Gasteiger partial charge in [0.15, 0.2) is 12.4 Å². The lowest BCUT2D eigenvalue weighted by Crippen LogP contribution is -2.28. The number of aryl methyl sites for hydroxylation is 1. The molecule has 0 fully saturated rings. The average molecular weight is 246 g/mol. The summed E-state index contributed by atoms with van der Waals surface area (Å²) in [6.45, 7) is 0. The predicted octanol–water partition coefficient (Wildman–Crippen LogP) is 2.10. The van der Waals surface area contributed by atoms with Gasteiger partial charge in [0, 0.05) is 11.6 Å². The van der Waals surface area contributed by atoms with Crippen molar-refractivity contribution < 1.29 is 18.5 Å². The van der Waals surface area contributed by atoms with Crippen LogP contribution in [0.25, 0.3) is 11.1 Å². The minimum Gasteiger partial charge on any atom is -0.465 e. The van der Waals surface area contributed by atoms with E-state index in [0.717, 1.165) is 11.1 Å². The van der Waals surface area contributed by atoms with Crippen LogP contribution in [0.5, 0.6) is 0 Å². The smallest absolute Gasteiger partial charge is 0.344 e. The molecular formula is C14H13FNO2+. The topological polar surface area (TPSA) is 30.2 Å². The van der Waals surface area contributed by atoms with Crippen LogP contribution >= 0.6 is 0 Å². The molecule has 3 nitrogen and oxygen atoms in total. The second kappa shape index (κ2) is 4.96. The largest absolute Gasteiger partial charge is 0.465 e. The third-order valence-electron chi connectivity index (χ3n) is 2.66. The van der Waals surface area contributed by atoms with Gasteiger partial charge in [0.1, 0.15) is 18.4 Å². The van der Waals surface area contributed by atoms with Crippen LogP contribution < -0.4 is 4.57 Å². The summed E-state index contributed by atoms with van der Waals surface area (Å²) in [6, 6.07) is 7.81. The molecule has 0 saturated heterocycles. The van der Waals surface area contributed by atoms with Gasteiger partial charge in [-0.15, -0.1) is 0 Å². The molecule has 2 rings (SSSR count). The molecule has 92 valence electrons. The lowest BCUT2D eigenvalue weighted by Gasteiger charge is -2.06. The number of carbonyl (C=O) groups excluding carboxylic acids is 1. The summed E-state index contributed by atoms with van der Waals surface area (Å²) in [5.74, 6) is -0.717. The molecule has 0 aliphatic heterocycles. The van der Waals surface area contributed by atoms with Crippen molar-refractivity contribution in [2.24, 2.45) is 7.05 Å². The number of benzene rings is 1. The molecule has 0 amide bonds. The summed E-state index contributed by atoms with van der Waals surface area (Å²) in [7, 11) is 3.16. The molecule has 0 aliphatic rings. The molecule has 18 heavy (non-hydrogen) atoms. The van der Waals surface area contributed by atoms with E-state index in [1.54, 1.807) is 29.0 Å². The number of halogens is 1. The zero-order chi connectivity index (χ0) is 13.1. The van der Waals surface area contributed by atoms with Gasteiger partial charge in [0.25, 0.3) is 0 Å². The Morgan fingerprint density at radius 1 is 1.22 bits per heavy atom. The predicted molar refractivity (Wildman–Crippen MR) is 64.4 cm³/mol. The maximum Gasteiger partial charge on any atom is 0.344 e. The van der Waals surface area contributed by atoms with E-state index < -0.39 is 5.97 Å². The van der Waals surface area contributed by atoms with Crippen LogP contribution in [-0.4, -0.2) is 13.1 Å². The number of esters is 1.